The third-order valence-corrected chi connectivity index (χ3v) is 1.99. The molecule has 0 saturated heterocycles. The van der Waals surface area contributed by atoms with E-state index in [9.17, 15) is 9.90 Å². The number of amides is 1. The average Bonchev–Trinajstić information content (AvgIpc) is 2.16. The van der Waals surface area contributed by atoms with E-state index in [-0.39, 0.29) is 5.56 Å². The van der Waals surface area contributed by atoms with Crippen molar-refractivity contribution in [3.63, 3.8) is 0 Å². The van der Waals surface area contributed by atoms with Crippen LogP contribution in [-0.4, -0.2) is 18.1 Å². The van der Waals surface area contributed by atoms with Crippen molar-refractivity contribution in [3.8, 4) is 5.75 Å². The molecule has 0 heterocycles. The van der Waals surface area contributed by atoms with Crippen molar-refractivity contribution in [1.82, 2.24) is 0 Å². The van der Waals surface area contributed by atoms with Crippen LogP contribution in [0.2, 0.25) is 5.02 Å². The van der Waals surface area contributed by atoms with Gasteiger partial charge in [0.1, 0.15) is 5.75 Å². The molecule has 1 atom stereocenters. The Labute approximate surface area is 86.2 Å². The van der Waals surface area contributed by atoms with Crippen LogP contribution < -0.4 is 10.5 Å². The zero-order valence-corrected chi connectivity index (χ0v) is 8.28. The Bertz CT molecular complexity index is 354. The number of hydrogen-bond donors (Lipinski definition) is 2. The molecule has 14 heavy (non-hydrogen) atoms. The number of carbonyl (C=O) groups is 1. The van der Waals surface area contributed by atoms with Crippen molar-refractivity contribution in [3.05, 3.63) is 28.8 Å². The molecule has 0 aliphatic rings. The molecule has 1 aromatic carbocycles. The van der Waals surface area contributed by atoms with Crippen LogP contribution in [0.4, 0.5) is 0 Å². The standard InChI is InChI=1S/C9H10ClNO3/c1-14-7-3-2-5(10)4-6(7)8(12)9(11)13/h2-4,8,12H,1H3,(H2,11,13)/t8-/m1/s1. The first-order valence-corrected chi connectivity index (χ1v) is 4.25. The first-order valence-electron chi connectivity index (χ1n) is 3.87. The fraction of sp³-hybridized carbons (Fsp3) is 0.222. The molecule has 0 aliphatic carbocycles. The summed E-state index contributed by atoms with van der Waals surface area (Å²) in [5.74, 6) is -0.466. The average molecular weight is 216 g/mol. The lowest BCUT2D eigenvalue weighted by molar-refractivity contribution is -0.126. The first kappa shape index (κ1) is 10.8. The Kier molecular flexibility index (Phi) is 3.33. The maximum absolute atomic E-state index is 10.8. The summed E-state index contributed by atoms with van der Waals surface area (Å²) in [6, 6.07) is 4.59. The predicted octanol–water partition coefficient (Wildman–Crippen LogP) is 0.867. The molecule has 1 rings (SSSR count). The topological polar surface area (TPSA) is 72.6 Å². The van der Waals surface area contributed by atoms with Gasteiger partial charge in [-0.15, -0.1) is 0 Å². The van der Waals surface area contributed by atoms with E-state index < -0.39 is 12.0 Å². The van der Waals surface area contributed by atoms with Crippen molar-refractivity contribution in [2.75, 3.05) is 7.11 Å². The number of aliphatic hydroxyl groups is 1. The van der Waals surface area contributed by atoms with E-state index in [1.165, 1.54) is 13.2 Å². The van der Waals surface area contributed by atoms with Gasteiger partial charge in [-0.25, -0.2) is 0 Å². The number of nitrogens with two attached hydrogens (primary N) is 1. The Hall–Kier alpha value is -1.26. The van der Waals surface area contributed by atoms with E-state index in [0.717, 1.165) is 0 Å². The molecule has 0 aliphatic heterocycles. The summed E-state index contributed by atoms with van der Waals surface area (Å²) >= 11 is 5.70. The SMILES string of the molecule is COc1ccc(Cl)cc1[C@@H](O)C(N)=O. The summed E-state index contributed by atoms with van der Waals surface area (Å²) in [5.41, 5.74) is 5.22. The lowest BCUT2D eigenvalue weighted by atomic mass is 10.1. The molecule has 5 heteroatoms. The predicted molar refractivity (Wildman–Crippen MR) is 52.2 cm³/mol. The van der Waals surface area contributed by atoms with Gasteiger partial charge in [0, 0.05) is 10.6 Å². The van der Waals surface area contributed by atoms with Gasteiger partial charge in [-0.1, -0.05) is 11.6 Å². The van der Waals surface area contributed by atoms with Gasteiger partial charge in [0.25, 0.3) is 5.91 Å². The third kappa shape index (κ3) is 2.16. The fourth-order valence-electron chi connectivity index (χ4n) is 1.07. The second kappa shape index (κ2) is 4.30. The van der Waals surface area contributed by atoms with E-state index in [4.69, 9.17) is 22.1 Å². The lowest BCUT2D eigenvalue weighted by Gasteiger charge is -2.11. The minimum Gasteiger partial charge on any atom is -0.496 e. The molecule has 0 radical (unpaired) electrons. The van der Waals surface area contributed by atoms with Crippen molar-refractivity contribution in [1.29, 1.82) is 0 Å². The molecule has 4 nitrogen and oxygen atoms in total. The molecule has 0 bridgehead atoms. The third-order valence-electron chi connectivity index (χ3n) is 1.76. The van der Waals surface area contributed by atoms with E-state index in [0.29, 0.717) is 10.8 Å². The highest BCUT2D eigenvalue weighted by Crippen LogP contribution is 2.27. The van der Waals surface area contributed by atoms with Crippen LogP contribution in [0.3, 0.4) is 0 Å². The van der Waals surface area contributed by atoms with Crippen molar-refractivity contribution < 1.29 is 14.6 Å². The Balaban J connectivity index is 3.16. The fourth-order valence-corrected chi connectivity index (χ4v) is 1.25. The van der Waals surface area contributed by atoms with Crippen LogP contribution in [-0.2, 0) is 4.79 Å². The zero-order chi connectivity index (χ0) is 10.7. The summed E-state index contributed by atoms with van der Waals surface area (Å²) in [6.07, 6.45) is -1.40. The number of hydrogen-bond acceptors (Lipinski definition) is 3. The molecular weight excluding hydrogens is 206 g/mol. The Morgan fingerprint density at radius 1 is 1.64 bits per heavy atom. The number of methoxy groups -OCH3 is 1. The molecule has 0 fully saturated rings. The van der Waals surface area contributed by atoms with Crippen LogP contribution in [0.25, 0.3) is 0 Å². The van der Waals surface area contributed by atoms with Crippen LogP contribution in [0.15, 0.2) is 18.2 Å². The monoisotopic (exact) mass is 215 g/mol. The molecule has 0 saturated carbocycles. The maximum Gasteiger partial charge on any atom is 0.251 e. The van der Waals surface area contributed by atoms with E-state index in [1.54, 1.807) is 12.1 Å². The summed E-state index contributed by atoms with van der Waals surface area (Å²) in [6.45, 7) is 0. The highest BCUT2D eigenvalue weighted by atomic mass is 35.5. The van der Waals surface area contributed by atoms with Gasteiger partial charge in [0.15, 0.2) is 6.10 Å². The lowest BCUT2D eigenvalue weighted by Crippen LogP contribution is -2.21. The van der Waals surface area contributed by atoms with Crippen LogP contribution in [0.1, 0.15) is 11.7 Å². The molecule has 3 N–H and O–H groups in total. The second-order valence-electron chi connectivity index (χ2n) is 2.69. The first-order chi connectivity index (χ1) is 6.56. The summed E-state index contributed by atoms with van der Waals surface area (Å²) in [5, 5.41) is 9.82. The Morgan fingerprint density at radius 2 is 2.29 bits per heavy atom. The highest BCUT2D eigenvalue weighted by molar-refractivity contribution is 6.30. The number of ether oxygens (including phenoxy) is 1. The van der Waals surface area contributed by atoms with Crippen LogP contribution in [0.5, 0.6) is 5.75 Å². The number of carbonyl (C=O) groups excluding carboxylic acids is 1. The molecular formula is C9H10ClNO3. The molecule has 1 aromatic rings. The molecule has 1 amide bonds. The number of halogens is 1. The largest absolute Gasteiger partial charge is 0.496 e. The number of primary amides is 1. The highest BCUT2D eigenvalue weighted by Gasteiger charge is 2.18. The van der Waals surface area contributed by atoms with Gasteiger partial charge in [-0.2, -0.15) is 0 Å². The van der Waals surface area contributed by atoms with E-state index >= 15 is 0 Å². The Morgan fingerprint density at radius 3 is 2.79 bits per heavy atom. The molecule has 76 valence electrons. The normalized spacial score (nSPS) is 12.2. The van der Waals surface area contributed by atoms with Gasteiger partial charge < -0.3 is 15.6 Å². The van der Waals surface area contributed by atoms with E-state index in [2.05, 4.69) is 0 Å². The van der Waals surface area contributed by atoms with Crippen LogP contribution >= 0.6 is 11.6 Å². The van der Waals surface area contributed by atoms with Crippen molar-refractivity contribution in [2.45, 2.75) is 6.10 Å². The summed E-state index contributed by atoms with van der Waals surface area (Å²) < 4.78 is 4.95. The van der Waals surface area contributed by atoms with Gasteiger partial charge in [-0.05, 0) is 18.2 Å². The van der Waals surface area contributed by atoms with Crippen molar-refractivity contribution in [2.24, 2.45) is 5.73 Å². The summed E-state index contributed by atoms with van der Waals surface area (Å²) in [4.78, 5) is 10.8. The quantitative estimate of drug-likeness (QED) is 0.786. The maximum atomic E-state index is 10.8. The zero-order valence-electron chi connectivity index (χ0n) is 7.53. The number of benzene rings is 1. The van der Waals surface area contributed by atoms with E-state index in [1.807, 2.05) is 0 Å². The second-order valence-corrected chi connectivity index (χ2v) is 3.13. The number of rotatable bonds is 3. The summed E-state index contributed by atoms with van der Waals surface area (Å²) in [7, 11) is 1.43. The molecule has 0 aromatic heterocycles. The van der Waals surface area contributed by atoms with Crippen LogP contribution in [0, 0.1) is 0 Å². The van der Waals surface area contributed by atoms with Gasteiger partial charge >= 0.3 is 0 Å². The smallest absolute Gasteiger partial charge is 0.251 e. The van der Waals surface area contributed by atoms with Crippen molar-refractivity contribution >= 4 is 17.5 Å². The van der Waals surface area contributed by atoms with Gasteiger partial charge in [-0.3, -0.25) is 4.79 Å². The number of aliphatic hydroxyl groups excluding tert-OH is 1. The molecule has 0 spiro atoms. The van der Waals surface area contributed by atoms with Gasteiger partial charge in [0.2, 0.25) is 0 Å². The minimum atomic E-state index is -1.40. The minimum absolute atomic E-state index is 0.271. The van der Waals surface area contributed by atoms with Gasteiger partial charge in [0.05, 0.1) is 7.11 Å². The molecule has 0 unspecified atom stereocenters.